The Bertz CT molecular complexity index is 628. The van der Waals surface area contributed by atoms with Crippen molar-refractivity contribution >= 4 is 17.5 Å². The number of aliphatic carboxylic acids is 1. The lowest BCUT2D eigenvalue weighted by atomic mass is 9.98. The third kappa shape index (κ3) is 4.30. The number of aromatic nitrogens is 2. The number of rotatable bonds is 6. The average Bonchev–Trinajstić information content (AvgIpc) is 2.77. The van der Waals surface area contributed by atoms with E-state index in [4.69, 9.17) is 5.11 Å². The van der Waals surface area contributed by atoms with E-state index in [1.807, 2.05) is 48.8 Å². The maximum Gasteiger partial charge on any atom is 0.303 e. The summed E-state index contributed by atoms with van der Waals surface area (Å²) < 4.78 is 1.86. The second-order valence-electron chi connectivity index (χ2n) is 5.70. The zero-order valence-electron chi connectivity index (χ0n) is 12.2. The molecule has 0 saturated carbocycles. The molecule has 0 unspecified atom stereocenters. The Hall–Kier alpha value is -2.37. The van der Waals surface area contributed by atoms with E-state index in [1.165, 1.54) is 0 Å². The summed E-state index contributed by atoms with van der Waals surface area (Å²) in [6, 6.07) is 5.66. The Morgan fingerprint density at radius 2 is 2.14 bits per heavy atom. The third-order valence-corrected chi connectivity index (χ3v) is 3.20. The van der Waals surface area contributed by atoms with Gasteiger partial charge >= 0.3 is 5.97 Å². The summed E-state index contributed by atoms with van der Waals surface area (Å²) in [5.41, 5.74) is 0.937. The van der Waals surface area contributed by atoms with E-state index in [1.54, 1.807) is 0 Å². The molecule has 6 nitrogen and oxygen atoms in total. The number of nitrogens with zero attached hydrogens (tertiary/aromatic N) is 2. The Balaban J connectivity index is 1.96. The van der Waals surface area contributed by atoms with E-state index >= 15 is 0 Å². The number of imidazole rings is 1. The van der Waals surface area contributed by atoms with Gasteiger partial charge in [0, 0.05) is 24.4 Å². The molecule has 2 aromatic heterocycles. The number of carbonyl (C=O) groups excluding carboxylic acids is 1. The molecule has 2 rings (SSSR count). The number of amides is 1. The first-order chi connectivity index (χ1) is 9.85. The molecule has 2 heterocycles. The number of carboxylic acids is 1. The highest BCUT2D eigenvalue weighted by atomic mass is 16.4. The van der Waals surface area contributed by atoms with Crippen LogP contribution in [-0.2, 0) is 16.0 Å². The van der Waals surface area contributed by atoms with E-state index < -0.39 is 11.5 Å². The average molecular weight is 289 g/mol. The molecular formula is C15H19N3O3. The van der Waals surface area contributed by atoms with Gasteiger partial charge in [0.1, 0.15) is 5.65 Å². The van der Waals surface area contributed by atoms with Crippen LogP contribution >= 0.6 is 0 Å². The van der Waals surface area contributed by atoms with Crippen molar-refractivity contribution < 1.29 is 14.7 Å². The quantitative estimate of drug-likeness (QED) is 0.846. The fourth-order valence-electron chi connectivity index (χ4n) is 2.14. The third-order valence-electron chi connectivity index (χ3n) is 3.20. The minimum Gasteiger partial charge on any atom is -0.481 e. The molecule has 0 spiro atoms. The van der Waals surface area contributed by atoms with Crippen LogP contribution < -0.4 is 5.32 Å². The van der Waals surface area contributed by atoms with Gasteiger partial charge in [0.15, 0.2) is 0 Å². The number of hydrogen-bond donors (Lipinski definition) is 2. The van der Waals surface area contributed by atoms with Gasteiger partial charge in [-0.3, -0.25) is 9.59 Å². The molecule has 6 heteroatoms. The van der Waals surface area contributed by atoms with Crippen LogP contribution in [0.1, 0.15) is 32.4 Å². The summed E-state index contributed by atoms with van der Waals surface area (Å²) in [6.45, 7) is 3.63. The maximum atomic E-state index is 12.0. The Labute approximate surface area is 122 Å². The van der Waals surface area contributed by atoms with Gasteiger partial charge in [0.05, 0.1) is 12.1 Å². The lowest BCUT2D eigenvalue weighted by Crippen LogP contribution is -2.44. The Morgan fingerprint density at radius 3 is 2.81 bits per heavy atom. The highest BCUT2D eigenvalue weighted by Gasteiger charge is 2.22. The van der Waals surface area contributed by atoms with Crippen molar-refractivity contribution in [1.82, 2.24) is 14.7 Å². The van der Waals surface area contributed by atoms with Gasteiger partial charge in [-0.25, -0.2) is 4.98 Å². The SMILES string of the molecule is CC(C)(CCC(=O)O)NC(=O)Cc1cn2ccccc2n1. The number of carboxylic acid groups (broad SMARTS) is 1. The van der Waals surface area contributed by atoms with Gasteiger partial charge in [-0.15, -0.1) is 0 Å². The van der Waals surface area contributed by atoms with Gasteiger partial charge < -0.3 is 14.8 Å². The topological polar surface area (TPSA) is 83.7 Å². The van der Waals surface area contributed by atoms with Crippen molar-refractivity contribution in [2.45, 2.75) is 38.6 Å². The van der Waals surface area contributed by atoms with Crippen molar-refractivity contribution in [3.05, 3.63) is 36.3 Å². The van der Waals surface area contributed by atoms with Crippen molar-refractivity contribution in [2.24, 2.45) is 0 Å². The van der Waals surface area contributed by atoms with Crippen LogP contribution in [0.2, 0.25) is 0 Å². The van der Waals surface area contributed by atoms with Crippen LogP contribution in [0.5, 0.6) is 0 Å². The van der Waals surface area contributed by atoms with Crippen molar-refractivity contribution in [3.8, 4) is 0 Å². The molecule has 0 saturated heterocycles. The summed E-state index contributed by atoms with van der Waals surface area (Å²) in [5.74, 6) is -1.02. The molecule has 2 N–H and O–H groups in total. The standard InChI is InChI=1S/C15H19N3O3/c1-15(2,7-6-14(20)21)17-13(19)9-11-10-18-8-4-3-5-12(18)16-11/h3-5,8,10H,6-7,9H2,1-2H3,(H,17,19)(H,20,21). The Kier molecular flexibility index (Phi) is 4.26. The molecule has 112 valence electrons. The molecule has 0 aliphatic carbocycles. The first-order valence-electron chi connectivity index (χ1n) is 6.81. The summed E-state index contributed by atoms with van der Waals surface area (Å²) >= 11 is 0. The minimum absolute atomic E-state index is 0.0294. The van der Waals surface area contributed by atoms with Crippen molar-refractivity contribution in [2.75, 3.05) is 0 Å². The number of pyridine rings is 1. The second kappa shape index (κ2) is 5.95. The van der Waals surface area contributed by atoms with E-state index in [-0.39, 0.29) is 18.7 Å². The highest BCUT2D eigenvalue weighted by Crippen LogP contribution is 2.12. The summed E-state index contributed by atoms with van der Waals surface area (Å²) in [6.07, 6.45) is 4.29. The molecule has 2 aromatic rings. The predicted octanol–water partition coefficient (Wildman–Crippen LogP) is 1.64. The first-order valence-corrected chi connectivity index (χ1v) is 6.81. The van der Waals surface area contributed by atoms with Gasteiger partial charge in [-0.1, -0.05) is 6.07 Å². The molecule has 21 heavy (non-hydrogen) atoms. The smallest absolute Gasteiger partial charge is 0.303 e. The van der Waals surface area contributed by atoms with E-state index in [0.717, 1.165) is 5.65 Å². The van der Waals surface area contributed by atoms with Gasteiger partial charge in [0.25, 0.3) is 0 Å². The van der Waals surface area contributed by atoms with Crippen LogP contribution in [-0.4, -0.2) is 31.9 Å². The number of fused-ring (bicyclic) bond motifs is 1. The summed E-state index contributed by atoms with van der Waals surface area (Å²) in [4.78, 5) is 27.0. The summed E-state index contributed by atoms with van der Waals surface area (Å²) in [5, 5.41) is 11.6. The summed E-state index contributed by atoms with van der Waals surface area (Å²) in [7, 11) is 0. The van der Waals surface area contributed by atoms with Crippen molar-refractivity contribution in [1.29, 1.82) is 0 Å². The van der Waals surface area contributed by atoms with Gasteiger partial charge in [-0.2, -0.15) is 0 Å². The van der Waals surface area contributed by atoms with Crippen LogP contribution in [0.4, 0.5) is 0 Å². The molecule has 0 aliphatic rings. The first kappa shape index (κ1) is 15.0. The predicted molar refractivity (Wildman–Crippen MR) is 78.0 cm³/mol. The molecule has 0 aromatic carbocycles. The molecule has 0 bridgehead atoms. The van der Waals surface area contributed by atoms with Crippen LogP contribution in [0.25, 0.3) is 5.65 Å². The number of hydrogen-bond acceptors (Lipinski definition) is 3. The highest BCUT2D eigenvalue weighted by molar-refractivity contribution is 5.79. The zero-order valence-corrected chi connectivity index (χ0v) is 12.2. The molecule has 1 amide bonds. The molecule has 0 atom stereocenters. The largest absolute Gasteiger partial charge is 0.481 e. The normalized spacial score (nSPS) is 11.5. The minimum atomic E-state index is -0.863. The second-order valence-corrected chi connectivity index (χ2v) is 5.70. The zero-order chi connectivity index (χ0) is 15.5. The molecular weight excluding hydrogens is 270 g/mol. The van der Waals surface area contributed by atoms with Crippen LogP contribution in [0.3, 0.4) is 0 Å². The lowest BCUT2D eigenvalue weighted by molar-refractivity contribution is -0.137. The number of carbonyl (C=O) groups is 2. The monoisotopic (exact) mass is 289 g/mol. The van der Waals surface area contributed by atoms with Gasteiger partial charge in [-0.05, 0) is 32.4 Å². The fourth-order valence-corrected chi connectivity index (χ4v) is 2.14. The van der Waals surface area contributed by atoms with E-state index in [9.17, 15) is 9.59 Å². The van der Waals surface area contributed by atoms with Crippen molar-refractivity contribution in [3.63, 3.8) is 0 Å². The lowest BCUT2D eigenvalue weighted by Gasteiger charge is -2.25. The van der Waals surface area contributed by atoms with Crippen LogP contribution in [0.15, 0.2) is 30.6 Å². The Morgan fingerprint density at radius 1 is 1.38 bits per heavy atom. The molecule has 0 radical (unpaired) electrons. The fraction of sp³-hybridized carbons (Fsp3) is 0.400. The van der Waals surface area contributed by atoms with Gasteiger partial charge in [0.2, 0.25) is 5.91 Å². The molecule has 0 fully saturated rings. The van der Waals surface area contributed by atoms with E-state index in [2.05, 4.69) is 10.3 Å². The number of nitrogens with one attached hydrogen (secondary N) is 1. The van der Waals surface area contributed by atoms with Crippen LogP contribution in [0, 0.1) is 0 Å². The van der Waals surface area contributed by atoms with E-state index in [0.29, 0.717) is 12.1 Å². The molecule has 0 aliphatic heterocycles. The maximum absolute atomic E-state index is 12.0.